The topological polar surface area (TPSA) is 127 Å². The molecule has 0 saturated heterocycles. The standard InChI is InChI=1S/C27H27BrN4O6/c1-16-9-10-19(11-17(16)2)30-24(33)15-38-25-20(28)12-18(13-23(25)37-4)14-29-32-27(35)26(34)31-21-7-5-6-8-22(21)36-3/h5-14H,15H2,1-4H3,(H,30,33)(H,31,34)(H,32,35)/b29-14-. The van der Waals surface area contributed by atoms with E-state index in [4.69, 9.17) is 14.2 Å². The Labute approximate surface area is 228 Å². The summed E-state index contributed by atoms with van der Waals surface area (Å²) in [6, 6.07) is 15.6. The lowest BCUT2D eigenvalue weighted by Gasteiger charge is -2.14. The molecular weight excluding hydrogens is 556 g/mol. The Balaban J connectivity index is 1.59. The minimum absolute atomic E-state index is 0.243. The molecule has 0 heterocycles. The van der Waals surface area contributed by atoms with E-state index in [-0.39, 0.29) is 12.5 Å². The maximum absolute atomic E-state index is 12.4. The van der Waals surface area contributed by atoms with Crippen molar-refractivity contribution in [3.63, 3.8) is 0 Å². The predicted octanol–water partition coefficient (Wildman–Crippen LogP) is 4.19. The first kappa shape index (κ1) is 28.2. The molecular formula is C27H27BrN4O6. The summed E-state index contributed by atoms with van der Waals surface area (Å²) in [7, 11) is 2.91. The zero-order chi connectivity index (χ0) is 27.7. The first-order valence-electron chi connectivity index (χ1n) is 11.4. The summed E-state index contributed by atoms with van der Waals surface area (Å²) >= 11 is 3.41. The summed E-state index contributed by atoms with van der Waals surface area (Å²) in [6.07, 6.45) is 1.33. The average molecular weight is 583 g/mol. The first-order valence-corrected chi connectivity index (χ1v) is 12.2. The van der Waals surface area contributed by atoms with E-state index < -0.39 is 11.8 Å². The third kappa shape index (κ3) is 7.56. The molecule has 3 rings (SSSR count). The summed E-state index contributed by atoms with van der Waals surface area (Å²) in [5, 5.41) is 9.09. The fourth-order valence-electron chi connectivity index (χ4n) is 3.25. The maximum Gasteiger partial charge on any atom is 0.329 e. The van der Waals surface area contributed by atoms with Gasteiger partial charge in [-0.25, -0.2) is 5.43 Å². The van der Waals surface area contributed by atoms with Crippen molar-refractivity contribution in [1.82, 2.24) is 5.43 Å². The SMILES string of the molecule is COc1ccccc1NC(=O)C(=O)N/N=C\c1cc(Br)c(OCC(=O)Nc2ccc(C)c(C)c2)c(OC)c1. The van der Waals surface area contributed by atoms with Crippen molar-refractivity contribution in [3.05, 3.63) is 75.8 Å². The quantitative estimate of drug-likeness (QED) is 0.197. The van der Waals surface area contributed by atoms with Crippen LogP contribution >= 0.6 is 15.9 Å². The van der Waals surface area contributed by atoms with Gasteiger partial charge in [-0.15, -0.1) is 0 Å². The highest BCUT2D eigenvalue weighted by Gasteiger charge is 2.16. The Bertz CT molecular complexity index is 1380. The van der Waals surface area contributed by atoms with Crippen LogP contribution in [0, 0.1) is 13.8 Å². The van der Waals surface area contributed by atoms with Gasteiger partial charge in [0.05, 0.1) is 30.6 Å². The van der Waals surface area contributed by atoms with Gasteiger partial charge < -0.3 is 24.8 Å². The summed E-state index contributed by atoms with van der Waals surface area (Å²) in [4.78, 5) is 36.7. The number of hydrogen-bond donors (Lipinski definition) is 3. The van der Waals surface area contributed by atoms with Crippen LogP contribution < -0.4 is 30.3 Å². The first-order chi connectivity index (χ1) is 18.2. The number of aryl methyl sites for hydroxylation is 2. The van der Waals surface area contributed by atoms with Crippen molar-refractivity contribution in [2.45, 2.75) is 13.8 Å². The molecule has 0 aliphatic heterocycles. The van der Waals surface area contributed by atoms with Gasteiger partial charge in [0.15, 0.2) is 18.1 Å². The number of carbonyl (C=O) groups is 3. The highest BCUT2D eigenvalue weighted by atomic mass is 79.9. The van der Waals surface area contributed by atoms with Crippen LogP contribution in [-0.2, 0) is 14.4 Å². The van der Waals surface area contributed by atoms with Crippen LogP contribution in [0.4, 0.5) is 11.4 Å². The largest absolute Gasteiger partial charge is 0.495 e. The van der Waals surface area contributed by atoms with E-state index in [1.165, 1.54) is 20.4 Å². The van der Waals surface area contributed by atoms with Gasteiger partial charge in [0.2, 0.25) is 0 Å². The molecule has 0 fully saturated rings. The molecule has 11 heteroatoms. The van der Waals surface area contributed by atoms with Crippen LogP contribution in [0.3, 0.4) is 0 Å². The minimum Gasteiger partial charge on any atom is -0.495 e. The van der Waals surface area contributed by atoms with Gasteiger partial charge in [-0.2, -0.15) is 5.10 Å². The molecule has 3 aromatic carbocycles. The molecule has 3 N–H and O–H groups in total. The van der Waals surface area contributed by atoms with Crippen molar-refractivity contribution >= 4 is 51.2 Å². The minimum atomic E-state index is -0.965. The second kappa shape index (κ2) is 13.2. The number of amides is 3. The molecule has 0 atom stereocenters. The molecule has 0 bridgehead atoms. The molecule has 0 saturated carbocycles. The van der Waals surface area contributed by atoms with E-state index in [0.29, 0.717) is 38.7 Å². The number of methoxy groups -OCH3 is 2. The predicted molar refractivity (Wildman–Crippen MR) is 148 cm³/mol. The number of hydrogen-bond acceptors (Lipinski definition) is 7. The third-order valence-electron chi connectivity index (χ3n) is 5.33. The number of halogens is 1. The number of carbonyl (C=O) groups excluding carboxylic acids is 3. The maximum atomic E-state index is 12.4. The highest BCUT2D eigenvalue weighted by molar-refractivity contribution is 9.10. The molecule has 0 radical (unpaired) electrons. The van der Waals surface area contributed by atoms with Crippen LogP contribution in [-0.4, -0.2) is 44.8 Å². The van der Waals surface area contributed by atoms with E-state index in [0.717, 1.165) is 11.1 Å². The van der Waals surface area contributed by atoms with Crippen molar-refractivity contribution in [1.29, 1.82) is 0 Å². The van der Waals surface area contributed by atoms with Gasteiger partial charge >= 0.3 is 11.8 Å². The van der Waals surface area contributed by atoms with Gasteiger partial charge in [-0.05, 0) is 82.9 Å². The lowest BCUT2D eigenvalue weighted by Crippen LogP contribution is -2.32. The van der Waals surface area contributed by atoms with Crippen LogP contribution in [0.25, 0.3) is 0 Å². The molecule has 0 spiro atoms. The monoisotopic (exact) mass is 582 g/mol. The molecule has 3 amide bonds. The van der Waals surface area contributed by atoms with Crippen LogP contribution in [0.1, 0.15) is 16.7 Å². The fourth-order valence-corrected chi connectivity index (χ4v) is 3.83. The van der Waals surface area contributed by atoms with Gasteiger partial charge in [0.25, 0.3) is 5.91 Å². The fraction of sp³-hybridized carbons (Fsp3) is 0.185. The molecule has 0 aromatic heterocycles. The van der Waals surface area contributed by atoms with Gasteiger partial charge in [-0.3, -0.25) is 14.4 Å². The van der Waals surface area contributed by atoms with Gasteiger partial charge in [0, 0.05) is 5.69 Å². The molecule has 38 heavy (non-hydrogen) atoms. The number of anilines is 2. The zero-order valence-electron chi connectivity index (χ0n) is 21.3. The Morgan fingerprint density at radius 1 is 0.895 bits per heavy atom. The number of benzene rings is 3. The average Bonchev–Trinajstić information content (AvgIpc) is 2.90. The van der Waals surface area contributed by atoms with Crippen LogP contribution in [0.5, 0.6) is 17.2 Å². The molecule has 198 valence electrons. The molecule has 0 unspecified atom stereocenters. The second-order valence-electron chi connectivity index (χ2n) is 8.02. The lowest BCUT2D eigenvalue weighted by molar-refractivity contribution is -0.136. The van der Waals surface area contributed by atoms with Gasteiger partial charge in [-0.1, -0.05) is 18.2 Å². The second-order valence-corrected chi connectivity index (χ2v) is 8.88. The van der Waals surface area contributed by atoms with E-state index in [1.54, 1.807) is 36.4 Å². The van der Waals surface area contributed by atoms with E-state index in [9.17, 15) is 14.4 Å². The van der Waals surface area contributed by atoms with E-state index >= 15 is 0 Å². The van der Waals surface area contributed by atoms with Crippen LogP contribution in [0.15, 0.2) is 64.2 Å². The smallest absolute Gasteiger partial charge is 0.329 e. The lowest BCUT2D eigenvalue weighted by atomic mass is 10.1. The summed E-state index contributed by atoms with van der Waals surface area (Å²) in [5.41, 5.74) is 5.93. The van der Waals surface area contributed by atoms with Crippen molar-refractivity contribution < 1.29 is 28.6 Å². The molecule has 0 aliphatic rings. The normalized spacial score (nSPS) is 10.6. The van der Waals surface area contributed by atoms with Crippen molar-refractivity contribution in [2.24, 2.45) is 5.10 Å². The Morgan fingerprint density at radius 3 is 2.34 bits per heavy atom. The number of rotatable bonds is 9. The third-order valence-corrected chi connectivity index (χ3v) is 5.92. The van der Waals surface area contributed by atoms with Crippen molar-refractivity contribution in [2.75, 3.05) is 31.5 Å². The summed E-state index contributed by atoms with van der Waals surface area (Å²) in [6.45, 7) is 3.72. The summed E-state index contributed by atoms with van der Waals surface area (Å²) < 4.78 is 16.7. The van der Waals surface area contributed by atoms with Crippen LogP contribution in [0.2, 0.25) is 0 Å². The number of ether oxygens (including phenoxy) is 3. The molecule has 10 nitrogen and oxygen atoms in total. The van der Waals surface area contributed by atoms with E-state index in [2.05, 4.69) is 37.1 Å². The summed E-state index contributed by atoms with van der Waals surface area (Å²) in [5.74, 6) is -1.14. The van der Waals surface area contributed by atoms with E-state index in [1.807, 2.05) is 32.0 Å². The Kier molecular flexibility index (Phi) is 9.83. The van der Waals surface area contributed by atoms with Crippen molar-refractivity contribution in [3.8, 4) is 17.2 Å². The number of para-hydroxylation sites is 2. The highest BCUT2D eigenvalue weighted by Crippen LogP contribution is 2.36. The van der Waals surface area contributed by atoms with Gasteiger partial charge in [0.1, 0.15) is 5.75 Å². The molecule has 0 aliphatic carbocycles. The Hall–Kier alpha value is -4.38. The number of nitrogens with zero attached hydrogens (tertiary/aromatic N) is 1. The molecule has 3 aromatic rings. The number of nitrogens with one attached hydrogen (secondary N) is 3. The number of hydrazone groups is 1. The Morgan fingerprint density at radius 2 is 1.63 bits per heavy atom. The zero-order valence-corrected chi connectivity index (χ0v) is 22.8.